The first-order valence-electron chi connectivity index (χ1n) is 10.0. The molecule has 1 saturated carbocycles. The quantitative estimate of drug-likeness (QED) is 0.722. The van der Waals surface area contributed by atoms with E-state index in [0.717, 1.165) is 18.5 Å². The van der Waals surface area contributed by atoms with Gasteiger partial charge in [0.05, 0.1) is 5.56 Å². The Morgan fingerprint density at radius 1 is 1.04 bits per heavy atom. The van der Waals surface area contributed by atoms with E-state index in [1.165, 1.54) is 25.7 Å². The van der Waals surface area contributed by atoms with Gasteiger partial charge in [-0.05, 0) is 49.4 Å². The molecule has 0 aliphatic heterocycles. The fourth-order valence-corrected chi connectivity index (χ4v) is 3.74. The van der Waals surface area contributed by atoms with Crippen LogP contribution in [0.25, 0.3) is 0 Å². The molecule has 0 saturated heterocycles. The molecular weight excluding hydrogens is 336 g/mol. The van der Waals surface area contributed by atoms with Crippen molar-refractivity contribution in [2.24, 2.45) is 11.7 Å². The monoisotopic (exact) mass is 366 g/mol. The lowest BCUT2D eigenvalue weighted by molar-refractivity contribution is 0.0723. The lowest BCUT2D eigenvalue weighted by Crippen LogP contribution is -2.36. The summed E-state index contributed by atoms with van der Waals surface area (Å²) >= 11 is 0. The van der Waals surface area contributed by atoms with Crippen LogP contribution in [-0.2, 0) is 6.61 Å². The standard InChI is InChI=1S/C23H30N2O2/c24-15-8-16-25(17-19-9-4-5-10-19)23(26)21-13-6-7-14-22(21)27-18-20-11-2-1-3-12-20/h1-3,6-7,11-14,19H,4-5,8-10,15-18,24H2. The molecule has 0 unspecified atom stereocenters. The van der Waals surface area contributed by atoms with E-state index in [-0.39, 0.29) is 5.91 Å². The lowest BCUT2D eigenvalue weighted by atomic mass is 10.1. The van der Waals surface area contributed by atoms with E-state index in [0.29, 0.717) is 36.9 Å². The highest BCUT2D eigenvalue weighted by molar-refractivity contribution is 5.97. The molecule has 4 heteroatoms. The maximum Gasteiger partial charge on any atom is 0.257 e. The van der Waals surface area contributed by atoms with Gasteiger partial charge in [0.2, 0.25) is 0 Å². The number of rotatable bonds is 9. The first-order chi connectivity index (χ1) is 13.3. The number of hydrogen-bond acceptors (Lipinski definition) is 3. The molecule has 1 amide bonds. The van der Waals surface area contributed by atoms with Gasteiger partial charge in [0, 0.05) is 13.1 Å². The molecule has 1 aliphatic carbocycles. The lowest BCUT2D eigenvalue weighted by Gasteiger charge is -2.26. The molecule has 0 radical (unpaired) electrons. The molecule has 1 fully saturated rings. The Balaban J connectivity index is 1.72. The maximum atomic E-state index is 13.3. The van der Waals surface area contributed by atoms with Crippen LogP contribution in [-0.4, -0.2) is 30.4 Å². The molecule has 4 nitrogen and oxygen atoms in total. The fourth-order valence-electron chi connectivity index (χ4n) is 3.74. The van der Waals surface area contributed by atoms with Crippen LogP contribution in [0.15, 0.2) is 54.6 Å². The smallest absolute Gasteiger partial charge is 0.257 e. The molecule has 0 heterocycles. The van der Waals surface area contributed by atoms with Gasteiger partial charge < -0.3 is 15.4 Å². The molecule has 2 N–H and O–H groups in total. The number of benzene rings is 2. The highest BCUT2D eigenvalue weighted by Crippen LogP contribution is 2.27. The minimum Gasteiger partial charge on any atom is -0.488 e. The number of carbonyl (C=O) groups is 1. The number of ether oxygens (including phenoxy) is 1. The summed E-state index contributed by atoms with van der Waals surface area (Å²) in [4.78, 5) is 15.3. The van der Waals surface area contributed by atoms with Crippen molar-refractivity contribution in [1.82, 2.24) is 4.90 Å². The van der Waals surface area contributed by atoms with E-state index in [4.69, 9.17) is 10.5 Å². The van der Waals surface area contributed by atoms with Gasteiger partial charge in [0.15, 0.2) is 0 Å². The number of nitrogens with two attached hydrogens (primary N) is 1. The molecule has 1 aliphatic rings. The van der Waals surface area contributed by atoms with Gasteiger partial charge in [-0.3, -0.25) is 4.79 Å². The van der Waals surface area contributed by atoms with Crippen LogP contribution in [0.1, 0.15) is 48.0 Å². The Hall–Kier alpha value is -2.33. The van der Waals surface area contributed by atoms with E-state index in [1.54, 1.807) is 0 Å². The van der Waals surface area contributed by atoms with Gasteiger partial charge >= 0.3 is 0 Å². The molecule has 0 bridgehead atoms. The van der Waals surface area contributed by atoms with Gasteiger partial charge in [-0.15, -0.1) is 0 Å². The summed E-state index contributed by atoms with van der Waals surface area (Å²) in [5, 5.41) is 0. The summed E-state index contributed by atoms with van der Waals surface area (Å²) in [6.45, 7) is 2.59. The van der Waals surface area contributed by atoms with E-state index in [2.05, 4.69) is 0 Å². The van der Waals surface area contributed by atoms with Crippen LogP contribution in [0.2, 0.25) is 0 Å². The molecule has 0 atom stereocenters. The third-order valence-corrected chi connectivity index (χ3v) is 5.23. The van der Waals surface area contributed by atoms with Crippen molar-refractivity contribution in [3.63, 3.8) is 0 Å². The Morgan fingerprint density at radius 3 is 2.48 bits per heavy atom. The second-order valence-corrected chi connectivity index (χ2v) is 7.31. The molecule has 144 valence electrons. The first-order valence-corrected chi connectivity index (χ1v) is 10.0. The van der Waals surface area contributed by atoms with Crippen molar-refractivity contribution in [3.05, 3.63) is 65.7 Å². The Labute approximate surface area is 162 Å². The van der Waals surface area contributed by atoms with E-state index < -0.39 is 0 Å². The number of hydrogen-bond donors (Lipinski definition) is 1. The molecule has 3 rings (SSSR count). The second kappa shape index (κ2) is 10.1. The minimum absolute atomic E-state index is 0.0546. The summed E-state index contributed by atoms with van der Waals surface area (Å²) < 4.78 is 6.00. The van der Waals surface area contributed by atoms with Gasteiger partial charge in [-0.1, -0.05) is 55.3 Å². The SMILES string of the molecule is NCCCN(CC1CCCC1)C(=O)c1ccccc1OCc1ccccc1. The largest absolute Gasteiger partial charge is 0.488 e. The summed E-state index contributed by atoms with van der Waals surface area (Å²) in [6.07, 6.45) is 5.82. The zero-order valence-corrected chi connectivity index (χ0v) is 16.0. The third-order valence-electron chi connectivity index (χ3n) is 5.23. The van der Waals surface area contributed by atoms with Crippen molar-refractivity contribution in [2.45, 2.75) is 38.7 Å². The number of nitrogens with zero attached hydrogens (tertiary/aromatic N) is 1. The number of para-hydroxylation sites is 1. The average Bonchev–Trinajstić information content (AvgIpc) is 3.23. The molecule has 0 aromatic heterocycles. The van der Waals surface area contributed by atoms with Gasteiger partial charge in [-0.2, -0.15) is 0 Å². The minimum atomic E-state index is 0.0546. The van der Waals surface area contributed by atoms with E-state index in [9.17, 15) is 4.79 Å². The molecule has 27 heavy (non-hydrogen) atoms. The predicted molar refractivity (Wildman–Crippen MR) is 109 cm³/mol. The number of carbonyl (C=O) groups excluding carboxylic acids is 1. The van der Waals surface area contributed by atoms with E-state index >= 15 is 0 Å². The van der Waals surface area contributed by atoms with Crippen LogP contribution in [0.4, 0.5) is 0 Å². The highest BCUT2D eigenvalue weighted by atomic mass is 16.5. The van der Waals surface area contributed by atoms with Crippen LogP contribution in [0, 0.1) is 5.92 Å². The Bertz CT molecular complexity index is 711. The third kappa shape index (κ3) is 5.57. The second-order valence-electron chi connectivity index (χ2n) is 7.31. The van der Waals surface area contributed by atoms with Crippen LogP contribution in [0.3, 0.4) is 0 Å². The van der Waals surface area contributed by atoms with Crippen molar-refractivity contribution in [3.8, 4) is 5.75 Å². The molecule has 2 aromatic carbocycles. The van der Waals surface area contributed by atoms with E-state index in [1.807, 2.05) is 59.5 Å². The van der Waals surface area contributed by atoms with Crippen LogP contribution < -0.4 is 10.5 Å². The van der Waals surface area contributed by atoms with Crippen molar-refractivity contribution >= 4 is 5.91 Å². The van der Waals surface area contributed by atoms with Crippen molar-refractivity contribution in [1.29, 1.82) is 0 Å². The molecule has 0 spiro atoms. The highest BCUT2D eigenvalue weighted by Gasteiger charge is 2.24. The maximum absolute atomic E-state index is 13.3. The summed E-state index contributed by atoms with van der Waals surface area (Å²) in [6, 6.07) is 17.6. The first kappa shape index (κ1) is 19.4. The van der Waals surface area contributed by atoms with Crippen molar-refractivity contribution < 1.29 is 9.53 Å². The normalized spacial score (nSPS) is 14.3. The molecule has 2 aromatic rings. The summed E-state index contributed by atoms with van der Waals surface area (Å²) in [5.74, 6) is 1.32. The Kier molecular flexibility index (Phi) is 7.28. The summed E-state index contributed by atoms with van der Waals surface area (Å²) in [5.41, 5.74) is 7.43. The Morgan fingerprint density at radius 2 is 1.74 bits per heavy atom. The fraction of sp³-hybridized carbons (Fsp3) is 0.435. The van der Waals surface area contributed by atoms with Crippen LogP contribution in [0.5, 0.6) is 5.75 Å². The van der Waals surface area contributed by atoms with Gasteiger partial charge in [0.25, 0.3) is 5.91 Å². The zero-order valence-electron chi connectivity index (χ0n) is 16.0. The topological polar surface area (TPSA) is 55.6 Å². The van der Waals surface area contributed by atoms with Gasteiger partial charge in [-0.25, -0.2) is 0 Å². The number of amides is 1. The van der Waals surface area contributed by atoms with Crippen LogP contribution >= 0.6 is 0 Å². The zero-order chi connectivity index (χ0) is 18.9. The van der Waals surface area contributed by atoms with Crippen molar-refractivity contribution in [2.75, 3.05) is 19.6 Å². The average molecular weight is 367 g/mol. The van der Waals surface area contributed by atoms with Gasteiger partial charge in [0.1, 0.15) is 12.4 Å². The summed E-state index contributed by atoms with van der Waals surface area (Å²) in [7, 11) is 0. The molecular formula is C23H30N2O2. The predicted octanol–water partition coefficient (Wildman–Crippen LogP) is 4.25.